The molecule has 0 aromatic rings. The van der Waals surface area contributed by atoms with E-state index < -0.39 is 18.6 Å². The van der Waals surface area contributed by atoms with Crippen LogP contribution >= 0.6 is 0 Å². The third-order valence-corrected chi connectivity index (χ3v) is 2.00. The van der Waals surface area contributed by atoms with Gasteiger partial charge >= 0.3 is 5.97 Å². The monoisotopic (exact) mass is 205 g/mol. The van der Waals surface area contributed by atoms with E-state index in [-0.39, 0.29) is 12.2 Å². The van der Waals surface area contributed by atoms with Crippen molar-refractivity contribution in [3.05, 3.63) is 0 Å². The number of rotatable bonds is 6. The van der Waals surface area contributed by atoms with Crippen molar-refractivity contribution in [2.45, 2.75) is 31.9 Å². The Morgan fingerprint density at radius 1 is 1.57 bits per heavy atom. The Morgan fingerprint density at radius 2 is 2.14 bits per heavy atom. The van der Waals surface area contributed by atoms with Crippen molar-refractivity contribution in [1.29, 1.82) is 0 Å². The summed E-state index contributed by atoms with van der Waals surface area (Å²) >= 11 is 0. The standard InChI is InChI=1S/C9H19NO4/c1-9(2,13-3)4-5-14-8(12)7(10)6-11/h7,11H,4-6,10H2,1-3H3. The van der Waals surface area contributed by atoms with E-state index in [1.54, 1.807) is 7.11 Å². The van der Waals surface area contributed by atoms with E-state index in [0.717, 1.165) is 0 Å². The smallest absolute Gasteiger partial charge is 0.325 e. The maximum atomic E-state index is 11.0. The fraction of sp³-hybridized carbons (Fsp3) is 0.889. The van der Waals surface area contributed by atoms with Crippen molar-refractivity contribution in [1.82, 2.24) is 0 Å². The molecule has 0 radical (unpaired) electrons. The Balaban J connectivity index is 3.69. The van der Waals surface area contributed by atoms with Crippen molar-refractivity contribution >= 4 is 5.97 Å². The number of aliphatic hydroxyl groups excluding tert-OH is 1. The molecule has 0 heterocycles. The highest BCUT2D eigenvalue weighted by Crippen LogP contribution is 2.12. The molecule has 0 aliphatic carbocycles. The Kier molecular flexibility index (Phi) is 5.68. The molecule has 0 aromatic carbocycles. The number of hydrogen-bond donors (Lipinski definition) is 2. The van der Waals surface area contributed by atoms with Crippen LogP contribution in [0.3, 0.4) is 0 Å². The predicted octanol–water partition coefficient (Wildman–Crippen LogP) is -0.336. The van der Waals surface area contributed by atoms with Crippen molar-refractivity contribution in [3.8, 4) is 0 Å². The minimum Gasteiger partial charge on any atom is -0.464 e. The lowest BCUT2D eigenvalue weighted by atomic mass is 10.1. The zero-order chi connectivity index (χ0) is 11.2. The first kappa shape index (κ1) is 13.4. The van der Waals surface area contributed by atoms with Crippen LogP contribution in [0.4, 0.5) is 0 Å². The number of carbonyl (C=O) groups excluding carboxylic acids is 1. The normalized spacial score (nSPS) is 13.8. The van der Waals surface area contributed by atoms with Gasteiger partial charge in [-0.2, -0.15) is 0 Å². The molecule has 0 aliphatic rings. The molecule has 0 aliphatic heterocycles. The SMILES string of the molecule is COC(C)(C)CCOC(=O)C(N)CO. The van der Waals surface area contributed by atoms with Crippen molar-refractivity contribution in [3.63, 3.8) is 0 Å². The van der Waals surface area contributed by atoms with Crippen molar-refractivity contribution in [2.24, 2.45) is 5.73 Å². The van der Waals surface area contributed by atoms with Crippen LogP contribution in [0.25, 0.3) is 0 Å². The largest absolute Gasteiger partial charge is 0.464 e. The van der Waals surface area contributed by atoms with Gasteiger partial charge in [0.05, 0.1) is 18.8 Å². The maximum absolute atomic E-state index is 11.0. The number of ether oxygens (including phenoxy) is 2. The third kappa shape index (κ3) is 5.16. The van der Waals surface area contributed by atoms with Crippen LogP contribution in [0.1, 0.15) is 20.3 Å². The zero-order valence-corrected chi connectivity index (χ0v) is 8.95. The summed E-state index contributed by atoms with van der Waals surface area (Å²) in [5, 5.41) is 8.56. The van der Waals surface area contributed by atoms with Gasteiger partial charge < -0.3 is 20.3 Å². The van der Waals surface area contributed by atoms with Crippen LogP contribution in [0.15, 0.2) is 0 Å². The van der Waals surface area contributed by atoms with Gasteiger partial charge in [-0.25, -0.2) is 0 Å². The molecular formula is C9H19NO4. The van der Waals surface area contributed by atoms with E-state index >= 15 is 0 Å². The van der Waals surface area contributed by atoms with Gasteiger partial charge in [0.1, 0.15) is 6.04 Å². The fourth-order valence-corrected chi connectivity index (χ4v) is 0.681. The minimum absolute atomic E-state index is 0.243. The maximum Gasteiger partial charge on any atom is 0.325 e. The molecule has 0 saturated carbocycles. The summed E-state index contributed by atoms with van der Waals surface area (Å²) in [5.74, 6) is -0.584. The molecule has 14 heavy (non-hydrogen) atoms. The Morgan fingerprint density at radius 3 is 2.57 bits per heavy atom. The molecule has 0 fully saturated rings. The number of hydrogen-bond acceptors (Lipinski definition) is 5. The van der Waals surface area contributed by atoms with E-state index in [2.05, 4.69) is 0 Å². The van der Waals surface area contributed by atoms with E-state index in [4.69, 9.17) is 20.3 Å². The van der Waals surface area contributed by atoms with Crippen LogP contribution in [-0.2, 0) is 14.3 Å². The topological polar surface area (TPSA) is 81.8 Å². The molecule has 0 aromatic heterocycles. The van der Waals surface area contributed by atoms with Gasteiger partial charge in [-0.3, -0.25) is 4.79 Å². The van der Waals surface area contributed by atoms with Crippen LogP contribution in [-0.4, -0.2) is 43.0 Å². The number of carbonyl (C=O) groups is 1. The highest BCUT2D eigenvalue weighted by Gasteiger charge is 2.18. The fourth-order valence-electron chi connectivity index (χ4n) is 0.681. The number of esters is 1. The van der Waals surface area contributed by atoms with E-state index in [1.165, 1.54) is 0 Å². The molecule has 3 N–H and O–H groups in total. The van der Waals surface area contributed by atoms with E-state index in [0.29, 0.717) is 6.42 Å². The summed E-state index contributed by atoms with van der Waals surface area (Å²) in [6.07, 6.45) is 0.591. The lowest BCUT2D eigenvalue weighted by Crippen LogP contribution is -2.36. The van der Waals surface area contributed by atoms with Crippen molar-refractivity contribution < 1.29 is 19.4 Å². The number of nitrogens with two attached hydrogens (primary N) is 1. The molecule has 0 bridgehead atoms. The van der Waals surface area contributed by atoms with Gasteiger partial charge in [0, 0.05) is 13.5 Å². The lowest BCUT2D eigenvalue weighted by Gasteiger charge is -2.22. The van der Waals surface area contributed by atoms with Gasteiger partial charge in [-0.05, 0) is 13.8 Å². The Bertz CT molecular complexity index is 182. The molecular weight excluding hydrogens is 186 g/mol. The van der Waals surface area contributed by atoms with Gasteiger partial charge in [-0.1, -0.05) is 0 Å². The molecule has 1 unspecified atom stereocenters. The second kappa shape index (κ2) is 5.95. The lowest BCUT2D eigenvalue weighted by molar-refractivity contribution is -0.147. The van der Waals surface area contributed by atoms with Gasteiger partial charge in [0.2, 0.25) is 0 Å². The third-order valence-electron chi connectivity index (χ3n) is 2.00. The summed E-state index contributed by atoms with van der Waals surface area (Å²) < 4.78 is 9.96. The Labute approximate surface area is 84.2 Å². The average Bonchev–Trinajstić information content (AvgIpc) is 2.16. The Hall–Kier alpha value is -0.650. The summed E-state index contributed by atoms with van der Waals surface area (Å²) in [6.45, 7) is 3.64. The molecule has 5 nitrogen and oxygen atoms in total. The summed E-state index contributed by atoms with van der Waals surface area (Å²) in [7, 11) is 1.60. The quantitative estimate of drug-likeness (QED) is 0.580. The first-order valence-corrected chi connectivity index (χ1v) is 4.51. The molecule has 1 atom stereocenters. The second-order valence-corrected chi connectivity index (χ2v) is 3.67. The van der Waals surface area contributed by atoms with Crippen LogP contribution in [0, 0.1) is 0 Å². The van der Waals surface area contributed by atoms with E-state index in [1.807, 2.05) is 13.8 Å². The van der Waals surface area contributed by atoms with Gasteiger partial charge in [0.15, 0.2) is 0 Å². The molecule has 0 rings (SSSR count). The van der Waals surface area contributed by atoms with Crippen molar-refractivity contribution in [2.75, 3.05) is 20.3 Å². The predicted molar refractivity (Wildman–Crippen MR) is 51.7 cm³/mol. The van der Waals surface area contributed by atoms with Crippen LogP contribution in [0.2, 0.25) is 0 Å². The highest BCUT2D eigenvalue weighted by atomic mass is 16.5. The molecule has 0 saturated heterocycles. The van der Waals surface area contributed by atoms with E-state index in [9.17, 15) is 4.79 Å². The van der Waals surface area contributed by atoms with Crippen LogP contribution in [0.5, 0.6) is 0 Å². The summed E-state index contributed by atoms with van der Waals surface area (Å²) in [4.78, 5) is 11.0. The molecule has 0 spiro atoms. The average molecular weight is 205 g/mol. The molecule has 5 heteroatoms. The zero-order valence-electron chi connectivity index (χ0n) is 8.95. The number of aliphatic hydroxyl groups is 1. The van der Waals surface area contributed by atoms with Gasteiger partial charge in [0.25, 0.3) is 0 Å². The minimum atomic E-state index is -0.944. The highest BCUT2D eigenvalue weighted by molar-refractivity contribution is 5.75. The summed E-state index contributed by atoms with van der Waals surface area (Å²) in [6, 6.07) is -0.944. The summed E-state index contributed by atoms with van der Waals surface area (Å²) in [5.41, 5.74) is 4.93. The first-order valence-electron chi connectivity index (χ1n) is 4.51. The van der Waals surface area contributed by atoms with Crippen LogP contribution < -0.4 is 5.73 Å². The number of methoxy groups -OCH3 is 1. The molecule has 84 valence electrons. The molecule has 0 amide bonds. The first-order chi connectivity index (χ1) is 6.43. The van der Waals surface area contributed by atoms with Gasteiger partial charge in [-0.15, -0.1) is 0 Å². The second-order valence-electron chi connectivity index (χ2n) is 3.67.